The summed E-state index contributed by atoms with van der Waals surface area (Å²) in [6, 6.07) is 0. The van der Waals surface area contributed by atoms with Gasteiger partial charge in [-0.3, -0.25) is 9.41 Å². The predicted molar refractivity (Wildman–Crippen MR) is 11.1 cm³/mol. The normalized spacial score (nSPS) is 0. The molecule has 0 rings (SSSR count). The van der Waals surface area contributed by atoms with E-state index < -0.39 is 0 Å². The average Bonchev–Trinajstić information content (AvgIpc) is 0. The van der Waals surface area contributed by atoms with Crippen LogP contribution in [0.25, 0.3) is 0 Å². The molecule has 0 aliphatic rings. The zero-order valence-corrected chi connectivity index (χ0v) is 2.66. The summed E-state index contributed by atoms with van der Waals surface area (Å²) < 4.78 is 0. The molecule has 0 aliphatic carbocycles. The minimum atomic E-state index is 0. The number of hydrogen-bond donors (Lipinski definition) is 1. The third-order valence-corrected chi connectivity index (χ3v) is 0. The minimum Gasteiger partial charge on any atom is -1.00 e. The first-order valence-corrected chi connectivity index (χ1v) is 0. The topological polar surface area (TPSA) is 35.0 Å². The molecule has 0 aromatic rings. The molecule has 4 heteroatoms. The molecular formula is H6ClF2N. The zero-order chi connectivity index (χ0) is 0. The van der Waals surface area contributed by atoms with E-state index in [4.69, 9.17) is 0 Å². The van der Waals surface area contributed by atoms with Gasteiger partial charge in [0.1, 0.15) is 0 Å². The third-order valence-electron chi connectivity index (χ3n) is 0. The maximum absolute atomic E-state index is 0. The summed E-state index contributed by atoms with van der Waals surface area (Å²) in [4.78, 5) is 0. The first kappa shape index (κ1) is 3290. The molecule has 0 saturated heterocycles. The molecular weight excluding hydrogens is 87.5 g/mol. The molecule has 0 spiro atoms. The van der Waals surface area contributed by atoms with Gasteiger partial charge in [-0.15, -0.1) is 0 Å². The van der Waals surface area contributed by atoms with Crippen molar-refractivity contribution in [3.8, 4) is 0 Å². The smallest absolute Gasteiger partial charge is 1.00 e. The van der Waals surface area contributed by atoms with Crippen LogP contribution in [0, 0.1) is 0 Å². The van der Waals surface area contributed by atoms with E-state index in [1.165, 1.54) is 0 Å². The summed E-state index contributed by atoms with van der Waals surface area (Å²) >= 11 is 0. The third kappa shape index (κ3) is 215. The van der Waals surface area contributed by atoms with Crippen molar-refractivity contribution in [3.63, 3.8) is 0 Å². The Labute approximate surface area is 30.6 Å². The van der Waals surface area contributed by atoms with E-state index in [0.29, 0.717) is 0 Å². The second kappa shape index (κ2) is 1140. The molecule has 0 aromatic carbocycles. The predicted octanol–water partition coefficient (Wildman–Crippen LogP) is -2.42. The second-order valence-electron chi connectivity index (χ2n) is 0. The molecule has 0 saturated carbocycles. The quantitative estimate of drug-likeness (QED) is 0.356. The maximum atomic E-state index is 0. The summed E-state index contributed by atoms with van der Waals surface area (Å²) in [6.07, 6.45) is 0. The Morgan fingerprint density at radius 3 is 1.00 bits per heavy atom. The molecule has 1 nitrogen and oxygen atoms in total. The van der Waals surface area contributed by atoms with Crippen LogP contribution in [0.2, 0.25) is 0 Å². The minimum absolute atomic E-state index is 0. The van der Waals surface area contributed by atoms with E-state index >= 15 is 0 Å². The zero-order valence-electron chi connectivity index (χ0n) is 2.90. The molecule has 0 radical (unpaired) electrons. The molecule has 3 N–H and O–H groups in total. The summed E-state index contributed by atoms with van der Waals surface area (Å²) in [5.41, 5.74) is 0. The van der Waals surface area contributed by atoms with Crippen molar-refractivity contribution < 1.29 is 23.2 Å². The van der Waals surface area contributed by atoms with Crippen molar-refractivity contribution in [1.29, 1.82) is 0 Å². The second-order valence-corrected chi connectivity index (χ2v) is 0. The fourth-order valence-corrected chi connectivity index (χ4v) is 0. The van der Waals surface area contributed by atoms with Gasteiger partial charge in [0.2, 0.25) is 0 Å². The molecule has 0 bridgehead atoms. The monoisotopic (exact) mass is 93.0 g/mol. The molecule has 0 aromatic heterocycles. The summed E-state index contributed by atoms with van der Waals surface area (Å²) in [6.45, 7) is 0. The van der Waals surface area contributed by atoms with Crippen LogP contribution in [-0.4, -0.2) is 0 Å². The van der Waals surface area contributed by atoms with Crippen LogP contribution < -0.4 is 18.6 Å². The van der Waals surface area contributed by atoms with E-state index in [9.17, 15) is 0 Å². The van der Waals surface area contributed by atoms with Crippen molar-refractivity contribution in [2.45, 2.75) is 0 Å². The van der Waals surface area contributed by atoms with Gasteiger partial charge in [-0.25, -0.2) is 0 Å². The van der Waals surface area contributed by atoms with E-state index in [1.807, 2.05) is 0 Å². The lowest BCUT2D eigenvalue weighted by atomic mass is 14.0. The lowest BCUT2D eigenvalue weighted by molar-refractivity contribution is -0.00000227. The van der Waals surface area contributed by atoms with Crippen molar-refractivity contribution in [2.75, 3.05) is 0 Å². The highest BCUT2D eigenvalue weighted by Crippen LogP contribution is 0.421. The van der Waals surface area contributed by atoms with Crippen molar-refractivity contribution in [2.24, 2.45) is 0 Å². The van der Waals surface area contributed by atoms with Gasteiger partial charge in [0.15, 0.2) is 0 Å². The van der Waals surface area contributed by atoms with Crippen LogP contribution in [0.5, 0.6) is 0 Å². The van der Waals surface area contributed by atoms with E-state index in [2.05, 4.69) is 0 Å². The Morgan fingerprint density at radius 1 is 1.00 bits per heavy atom. The first-order valence-electron chi connectivity index (χ1n) is 0. The van der Waals surface area contributed by atoms with E-state index in [1.54, 1.807) is 0 Å². The molecule has 0 heterocycles. The lowest BCUT2D eigenvalue weighted by Gasteiger charge is -1.00. The lowest BCUT2D eigenvalue weighted by Crippen LogP contribution is -3.00. The summed E-state index contributed by atoms with van der Waals surface area (Å²) in [5.74, 6) is 0. The van der Waals surface area contributed by atoms with Crippen LogP contribution in [0.15, 0.2) is 0 Å². The molecule has 0 aliphatic heterocycles. The van der Waals surface area contributed by atoms with Gasteiger partial charge >= 0.3 is 1.43 Å². The highest BCUT2D eigenvalue weighted by molar-refractivity contribution is 2.13. The van der Waals surface area contributed by atoms with Gasteiger partial charge in [0.25, 0.3) is 0 Å². The molecule has 0 fully saturated rings. The van der Waals surface area contributed by atoms with Crippen LogP contribution >= 0.6 is 0 Å². The average molecular weight is 93.5 g/mol. The van der Waals surface area contributed by atoms with Crippen molar-refractivity contribution in [1.82, 2.24) is 6.15 Å². The summed E-state index contributed by atoms with van der Waals surface area (Å²) in [7, 11) is 0. The van der Waals surface area contributed by atoms with Crippen LogP contribution in [0.3, 0.4) is 0 Å². The van der Waals surface area contributed by atoms with Crippen molar-refractivity contribution in [3.05, 3.63) is 0 Å². The number of halogens is 3. The SMILES string of the molecule is F.F.N.[Cl-].[H+]. The molecule has 4 heavy (non-hydrogen) atoms. The maximum Gasteiger partial charge on any atom is 1.00 e. The Kier molecular flexibility index (Phi) is 940000. The van der Waals surface area contributed by atoms with Crippen LogP contribution in [-0.2, 0) is 0 Å². The van der Waals surface area contributed by atoms with Crippen LogP contribution in [0.4, 0.5) is 9.41 Å². The molecule has 0 unspecified atom stereocenters. The van der Waals surface area contributed by atoms with E-state index in [0.717, 1.165) is 0 Å². The summed E-state index contributed by atoms with van der Waals surface area (Å²) in [5, 5.41) is 0. The Morgan fingerprint density at radius 2 is 1.00 bits per heavy atom. The van der Waals surface area contributed by atoms with E-state index in [-0.39, 0.29) is 29.4 Å². The van der Waals surface area contributed by atoms with Gasteiger partial charge in [0, 0.05) is 0 Å². The molecule has 0 atom stereocenters. The van der Waals surface area contributed by atoms with Crippen LogP contribution in [0.1, 0.15) is 1.43 Å². The Balaban J connectivity index is 0. The van der Waals surface area contributed by atoms with Gasteiger partial charge in [-0.2, -0.15) is 0 Å². The van der Waals surface area contributed by atoms with Gasteiger partial charge < -0.3 is 18.6 Å². The molecule has 32 valence electrons. The van der Waals surface area contributed by atoms with Crippen molar-refractivity contribution >= 4 is 0 Å². The standard InChI is InChI=1S/ClH.2FH.H3N/h3*1H;1H3. The highest BCUT2D eigenvalue weighted by atomic mass is 35.5. The fraction of sp³-hybridized carbons (Fsp3) is 0. The van der Waals surface area contributed by atoms with Gasteiger partial charge in [0.05, 0.1) is 0 Å². The Bertz CT molecular complexity index is 9.61. The number of hydrogen-bond acceptors (Lipinski definition) is 1. The molecule has 0 amide bonds. The van der Waals surface area contributed by atoms with Gasteiger partial charge in [-0.1, -0.05) is 0 Å². The largest absolute Gasteiger partial charge is 1.00 e. The Hall–Kier alpha value is 0.110. The highest BCUT2D eigenvalue weighted by Gasteiger charge is -0.268. The van der Waals surface area contributed by atoms with Gasteiger partial charge in [-0.05, 0) is 0 Å². The first-order chi connectivity index (χ1) is 0. The number of rotatable bonds is 0. The fourth-order valence-electron chi connectivity index (χ4n) is 0.